The topological polar surface area (TPSA) is 64.3 Å². The number of anilines is 1. The molecule has 3 N–H and O–H groups in total. The van der Waals surface area contributed by atoms with Gasteiger partial charge in [-0.1, -0.05) is 34.1 Å². The van der Waals surface area contributed by atoms with Gasteiger partial charge in [-0.2, -0.15) is 0 Å². The largest absolute Gasteiger partial charge is 0.482 e. The first-order chi connectivity index (χ1) is 9.63. The lowest BCUT2D eigenvalue weighted by Crippen LogP contribution is -2.25. The lowest BCUT2D eigenvalue weighted by atomic mass is 9.99. The maximum Gasteiger partial charge on any atom is 0.262 e. The van der Waals surface area contributed by atoms with Gasteiger partial charge in [0.15, 0.2) is 6.61 Å². The van der Waals surface area contributed by atoms with E-state index in [9.17, 15) is 4.79 Å². The molecule has 102 valence electrons. The maximum absolute atomic E-state index is 11.3. The zero-order valence-electron chi connectivity index (χ0n) is 10.6. The highest BCUT2D eigenvalue weighted by Gasteiger charge is 2.18. The normalized spacial score (nSPS) is 15.0. The number of fused-ring (bicyclic) bond motifs is 1. The number of halogens is 1. The lowest BCUT2D eigenvalue weighted by molar-refractivity contribution is -0.118. The minimum absolute atomic E-state index is 0.0606. The molecule has 1 amide bonds. The van der Waals surface area contributed by atoms with Crippen molar-refractivity contribution in [2.75, 3.05) is 11.9 Å². The summed E-state index contributed by atoms with van der Waals surface area (Å²) in [6.07, 6.45) is 0. The van der Waals surface area contributed by atoms with Crippen molar-refractivity contribution >= 4 is 27.5 Å². The maximum atomic E-state index is 11.3. The summed E-state index contributed by atoms with van der Waals surface area (Å²) in [7, 11) is 0. The van der Waals surface area contributed by atoms with E-state index in [0.717, 1.165) is 15.6 Å². The van der Waals surface area contributed by atoms with Gasteiger partial charge in [-0.3, -0.25) is 4.79 Å². The Kier molecular flexibility index (Phi) is 3.46. The molecule has 1 aliphatic heterocycles. The van der Waals surface area contributed by atoms with Gasteiger partial charge >= 0.3 is 0 Å². The molecule has 1 unspecified atom stereocenters. The smallest absolute Gasteiger partial charge is 0.262 e. The molecule has 4 nitrogen and oxygen atoms in total. The first-order valence-corrected chi connectivity index (χ1v) is 7.00. The summed E-state index contributed by atoms with van der Waals surface area (Å²) in [5, 5.41) is 2.79. The van der Waals surface area contributed by atoms with Crippen molar-refractivity contribution in [1.29, 1.82) is 0 Å². The molecule has 0 saturated carbocycles. The van der Waals surface area contributed by atoms with Crippen LogP contribution in [0.5, 0.6) is 5.75 Å². The Morgan fingerprint density at radius 1 is 1.15 bits per heavy atom. The molecule has 1 aliphatic rings. The molecule has 5 heteroatoms. The molecule has 0 aliphatic carbocycles. The number of nitrogens with one attached hydrogen (secondary N) is 1. The van der Waals surface area contributed by atoms with Crippen molar-refractivity contribution in [3.63, 3.8) is 0 Å². The standard InChI is InChI=1S/C15H13BrN2O2/c16-11-4-1-9(2-5-11)15(17)10-3-6-13-12(7-10)18-14(19)8-20-13/h1-7,15H,8,17H2,(H,18,19). The first kappa shape index (κ1) is 13.1. The van der Waals surface area contributed by atoms with Gasteiger partial charge in [0.2, 0.25) is 0 Å². The summed E-state index contributed by atoms with van der Waals surface area (Å²) in [6, 6.07) is 13.2. The SMILES string of the molecule is NC(c1ccc(Br)cc1)c1ccc2c(c1)NC(=O)CO2. The molecule has 20 heavy (non-hydrogen) atoms. The Bertz CT molecular complexity index is 655. The molecule has 0 spiro atoms. The number of carbonyl (C=O) groups excluding carboxylic acids is 1. The van der Waals surface area contributed by atoms with Gasteiger partial charge in [-0.05, 0) is 35.4 Å². The van der Waals surface area contributed by atoms with Crippen LogP contribution in [0.4, 0.5) is 5.69 Å². The van der Waals surface area contributed by atoms with E-state index in [1.54, 1.807) is 0 Å². The quantitative estimate of drug-likeness (QED) is 0.888. The third-order valence-electron chi connectivity index (χ3n) is 3.22. The highest BCUT2D eigenvalue weighted by Crippen LogP contribution is 2.31. The molecule has 0 aromatic heterocycles. The van der Waals surface area contributed by atoms with Gasteiger partial charge < -0.3 is 15.8 Å². The van der Waals surface area contributed by atoms with Crippen molar-refractivity contribution in [2.24, 2.45) is 5.73 Å². The van der Waals surface area contributed by atoms with Crippen LogP contribution < -0.4 is 15.8 Å². The number of hydrogen-bond donors (Lipinski definition) is 2. The van der Waals surface area contributed by atoms with Crippen LogP contribution >= 0.6 is 15.9 Å². The van der Waals surface area contributed by atoms with Gasteiger partial charge in [0.25, 0.3) is 5.91 Å². The lowest BCUT2D eigenvalue weighted by Gasteiger charge is -2.20. The van der Waals surface area contributed by atoms with Gasteiger partial charge in [-0.15, -0.1) is 0 Å². The highest BCUT2D eigenvalue weighted by atomic mass is 79.9. The fourth-order valence-electron chi connectivity index (χ4n) is 2.16. The van der Waals surface area contributed by atoms with Crippen LogP contribution in [0, 0.1) is 0 Å². The third kappa shape index (κ3) is 2.55. The molecular weight excluding hydrogens is 320 g/mol. The Hall–Kier alpha value is -1.85. The van der Waals surface area contributed by atoms with Crippen LogP contribution in [0.2, 0.25) is 0 Å². The summed E-state index contributed by atoms with van der Waals surface area (Å²) in [5.74, 6) is 0.531. The second-order valence-corrected chi connectivity index (χ2v) is 5.54. The summed E-state index contributed by atoms with van der Waals surface area (Å²) in [5.41, 5.74) is 8.88. The Morgan fingerprint density at radius 3 is 2.60 bits per heavy atom. The van der Waals surface area contributed by atoms with Crippen LogP contribution in [0.15, 0.2) is 46.9 Å². The molecule has 0 fully saturated rings. The van der Waals surface area contributed by atoms with Crippen molar-refractivity contribution in [3.8, 4) is 5.75 Å². The zero-order chi connectivity index (χ0) is 14.1. The number of carbonyl (C=O) groups is 1. The van der Waals surface area contributed by atoms with E-state index in [4.69, 9.17) is 10.5 Å². The van der Waals surface area contributed by atoms with Gasteiger partial charge in [0, 0.05) is 4.47 Å². The van der Waals surface area contributed by atoms with Crippen molar-refractivity contribution < 1.29 is 9.53 Å². The summed E-state index contributed by atoms with van der Waals surface area (Å²) in [4.78, 5) is 11.3. The summed E-state index contributed by atoms with van der Waals surface area (Å²) < 4.78 is 6.35. The van der Waals surface area contributed by atoms with Crippen LogP contribution in [0.3, 0.4) is 0 Å². The van der Waals surface area contributed by atoms with E-state index in [1.165, 1.54) is 0 Å². The van der Waals surface area contributed by atoms with Gasteiger partial charge in [-0.25, -0.2) is 0 Å². The number of ether oxygens (including phenoxy) is 1. The number of amides is 1. The third-order valence-corrected chi connectivity index (χ3v) is 3.75. The summed E-state index contributed by atoms with van der Waals surface area (Å²) >= 11 is 3.40. The summed E-state index contributed by atoms with van der Waals surface area (Å²) in [6.45, 7) is 0.0606. The predicted octanol–water partition coefficient (Wildman–Crippen LogP) is 2.83. The molecular formula is C15H13BrN2O2. The van der Waals surface area contributed by atoms with Crippen molar-refractivity contribution in [1.82, 2.24) is 0 Å². The fourth-order valence-corrected chi connectivity index (χ4v) is 2.42. The van der Waals surface area contributed by atoms with E-state index in [1.807, 2.05) is 42.5 Å². The van der Waals surface area contributed by atoms with E-state index in [2.05, 4.69) is 21.2 Å². The van der Waals surface area contributed by atoms with Crippen molar-refractivity contribution in [3.05, 3.63) is 58.1 Å². The Labute approximate surface area is 125 Å². The molecule has 0 bridgehead atoms. The second kappa shape index (κ2) is 5.26. The second-order valence-electron chi connectivity index (χ2n) is 4.62. The first-order valence-electron chi connectivity index (χ1n) is 6.21. The molecule has 0 radical (unpaired) electrons. The predicted molar refractivity (Wildman–Crippen MR) is 80.7 cm³/mol. The van der Waals surface area contributed by atoms with Crippen LogP contribution in [0.25, 0.3) is 0 Å². The minimum atomic E-state index is -0.243. The molecule has 2 aromatic carbocycles. The van der Waals surface area contributed by atoms with Gasteiger partial charge in [0.1, 0.15) is 5.75 Å². The van der Waals surface area contributed by atoms with Crippen LogP contribution in [-0.4, -0.2) is 12.5 Å². The van der Waals surface area contributed by atoms with Crippen LogP contribution in [0.1, 0.15) is 17.2 Å². The fraction of sp³-hybridized carbons (Fsp3) is 0.133. The van der Waals surface area contributed by atoms with E-state index < -0.39 is 0 Å². The number of nitrogens with two attached hydrogens (primary N) is 1. The Balaban J connectivity index is 1.92. The van der Waals surface area contributed by atoms with Crippen LogP contribution in [-0.2, 0) is 4.79 Å². The average molecular weight is 333 g/mol. The minimum Gasteiger partial charge on any atom is -0.482 e. The number of rotatable bonds is 2. The average Bonchev–Trinajstić information content (AvgIpc) is 2.46. The van der Waals surface area contributed by atoms with Gasteiger partial charge in [0.05, 0.1) is 11.7 Å². The number of benzene rings is 2. The Morgan fingerprint density at radius 2 is 1.85 bits per heavy atom. The molecule has 2 aromatic rings. The molecule has 1 atom stereocenters. The number of hydrogen-bond acceptors (Lipinski definition) is 3. The van der Waals surface area contributed by atoms with E-state index in [0.29, 0.717) is 11.4 Å². The van der Waals surface area contributed by atoms with E-state index in [-0.39, 0.29) is 18.6 Å². The molecule has 0 saturated heterocycles. The molecule has 3 rings (SSSR count). The van der Waals surface area contributed by atoms with Crippen molar-refractivity contribution in [2.45, 2.75) is 6.04 Å². The zero-order valence-corrected chi connectivity index (χ0v) is 12.2. The molecule has 1 heterocycles. The monoisotopic (exact) mass is 332 g/mol. The van der Waals surface area contributed by atoms with E-state index >= 15 is 0 Å². The highest BCUT2D eigenvalue weighted by molar-refractivity contribution is 9.10.